The third-order valence-electron chi connectivity index (χ3n) is 7.81. The fourth-order valence-electron chi connectivity index (χ4n) is 5.18. The standard InChI is InChI=1S/C24H25FNSSi.C13H24O2.Ir/c1-24(2,3)19-14-16(13-15-9-7-8-10-17(15)19)21-22-18(11-12-26-21)20(25)23(27-22)28(4,5)6;1-5-10(6-2)12(14)9-13(15)11(7-3)8-4;/h7-12,14H,1-6H3;9-11,14H,5-8H2,1-4H3;/q-1;;/b;12-9-;/i4D3,5D3,6D3;;. The number of allylic oxidation sites excluding steroid dienone is 2. The summed E-state index contributed by atoms with van der Waals surface area (Å²) < 4.78 is 88.0. The summed E-state index contributed by atoms with van der Waals surface area (Å²) in [6, 6.07) is 14.2. The molecular formula is C37H49FIrNO2SSi-. The second-order valence-electron chi connectivity index (χ2n) is 11.9. The van der Waals surface area contributed by atoms with E-state index in [4.69, 9.17) is 12.3 Å². The number of rotatable bonds is 9. The summed E-state index contributed by atoms with van der Waals surface area (Å²) in [5.41, 5.74) is 1.53. The van der Waals surface area contributed by atoms with Crippen molar-refractivity contribution in [3.63, 3.8) is 0 Å². The van der Waals surface area contributed by atoms with E-state index in [2.05, 4.69) is 31.8 Å². The van der Waals surface area contributed by atoms with Gasteiger partial charge in [-0.1, -0.05) is 97.0 Å². The largest absolute Gasteiger partial charge is 0.512 e. The second kappa shape index (κ2) is 15.9. The summed E-state index contributed by atoms with van der Waals surface area (Å²) in [6.07, 6.45) is 6.25. The Morgan fingerprint density at radius 3 is 2.23 bits per heavy atom. The van der Waals surface area contributed by atoms with Crippen molar-refractivity contribution in [2.45, 2.75) is 99.0 Å². The van der Waals surface area contributed by atoms with Gasteiger partial charge in [0.15, 0.2) is 5.78 Å². The van der Waals surface area contributed by atoms with Crippen LogP contribution < -0.4 is 4.50 Å². The van der Waals surface area contributed by atoms with Crippen LogP contribution in [0.5, 0.6) is 0 Å². The molecule has 2 aromatic carbocycles. The van der Waals surface area contributed by atoms with Gasteiger partial charge in [0.05, 0.1) is 13.8 Å². The molecule has 7 heteroatoms. The van der Waals surface area contributed by atoms with Crippen LogP contribution in [-0.2, 0) is 30.3 Å². The number of hydrogen-bond acceptors (Lipinski definition) is 4. The van der Waals surface area contributed by atoms with Gasteiger partial charge in [-0.2, -0.15) is 0 Å². The normalized spacial score (nSPS) is 16.3. The monoisotopic (exact) mass is 820 g/mol. The van der Waals surface area contributed by atoms with E-state index in [1.807, 2.05) is 58.0 Å². The smallest absolute Gasteiger partial charge is 0.162 e. The van der Waals surface area contributed by atoms with Crippen LogP contribution in [0, 0.1) is 23.7 Å². The number of carbonyl (C=O) groups is 1. The summed E-state index contributed by atoms with van der Waals surface area (Å²) in [4.78, 5) is 16.2. The first-order valence-corrected chi connectivity index (χ1v) is 17.7. The number of aliphatic hydroxyl groups excluding tert-OH is 1. The van der Waals surface area contributed by atoms with E-state index in [0.717, 1.165) is 42.0 Å². The molecule has 2 heterocycles. The molecule has 0 aliphatic heterocycles. The first-order chi connectivity index (χ1) is 23.9. The molecule has 0 aliphatic carbocycles. The molecule has 241 valence electrons. The van der Waals surface area contributed by atoms with Crippen molar-refractivity contribution in [3.05, 3.63) is 71.9 Å². The van der Waals surface area contributed by atoms with Crippen molar-refractivity contribution in [2.75, 3.05) is 0 Å². The molecule has 0 fully saturated rings. The van der Waals surface area contributed by atoms with Gasteiger partial charge in [0.1, 0.15) is 5.82 Å². The molecule has 0 unspecified atom stereocenters. The van der Waals surface area contributed by atoms with E-state index in [0.29, 0.717) is 16.9 Å². The van der Waals surface area contributed by atoms with Crippen molar-refractivity contribution < 1.29 is 46.7 Å². The molecule has 3 nitrogen and oxygen atoms in total. The summed E-state index contributed by atoms with van der Waals surface area (Å²) in [7, 11) is -5.51. The number of halogens is 1. The summed E-state index contributed by atoms with van der Waals surface area (Å²) in [5, 5.41) is 11.5. The van der Waals surface area contributed by atoms with Crippen LogP contribution in [0.2, 0.25) is 19.4 Å². The fraction of sp³-hybridized carbons (Fsp3) is 0.459. The number of thiophene rings is 1. The summed E-state index contributed by atoms with van der Waals surface area (Å²) in [6.45, 7) is 3.96. The first-order valence-electron chi connectivity index (χ1n) is 19.4. The van der Waals surface area contributed by atoms with Crippen molar-refractivity contribution in [3.8, 4) is 11.3 Å². The van der Waals surface area contributed by atoms with Gasteiger partial charge >= 0.3 is 0 Å². The number of aromatic nitrogens is 1. The van der Waals surface area contributed by atoms with Gasteiger partial charge in [0.2, 0.25) is 0 Å². The molecule has 0 spiro atoms. The predicted molar refractivity (Wildman–Crippen MR) is 187 cm³/mol. The second-order valence-corrected chi connectivity index (χ2v) is 15.3. The Morgan fingerprint density at radius 2 is 1.66 bits per heavy atom. The Labute approximate surface area is 295 Å². The molecule has 0 saturated carbocycles. The average Bonchev–Trinajstić information content (AvgIpc) is 3.35. The molecule has 4 rings (SSSR count). The van der Waals surface area contributed by atoms with Crippen LogP contribution in [-0.4, -0.2) is 23.9 Å². The zero-order valence-corrected chi connectivity index (χ0v) is 30.7. The van der Waals surface area contributed by atoms with Crippen LogP contribution in [0.1, 0.15) is 92.0 Å². The van der Waals surface area contributed by atoms with E-state index >= 15 is 4.39 Å². The Kier molecular flexibility index (Phi) is 9.37. The third kappa shape index (κ3) is 8.75. The van der Waals surface area contributed by atoms with Gasteiger partial charge < -0.3 is 5.11 Å². The molecule has 0 bridgehead atoms. The number of ketones is 1. The number of fused-ring (bicyclic) bond motifs is 2. The van der Waals surface area contributed by atoms with Crippen LogP contribution in [0.3, 0.4) is 0 Å². The molecule has 2 aromatic heterocycles. The van der Waals surface area contributed by atoms with Gasteiger partial charge in [-0.05, 0) is 37.2 Å². The summed E-state index contributed by atoms with van der Waals surface area (Å²) in [5.74, 6) is -0.568. The van der Waals surface area contributed by atoms with Gasteiger partial charge in [0, 0.05) is 76.8 Å². The SMILES string of the molecule is CCC(CC)C(=O)/C=C(\O)C(CC)CC.[2H]C([2H])([2H])[Si](c1sc2c(-c3[c-]c4ccccc4c(C(C)(C)C)c3)nccc2c1F)(C([2H])([2H])[2H])C([2H])([2H])[2H].[Ir]. The molecule has 0 amide bonds. The number of pyridine rings is 1. The maximum Gasteiger partial charge on any atom is 0.162 e. The molecule has 0 saturated heterocycles. The first kappa shape index (κ1) is 25.9. The molecular weight excluding hydrogens is 762 g/mol. The Hall–Kier alpha value is -2.18. The van der Waals surface area contributed by atoms with E-state index in [1.54, 1.807) is 0 Å². The number of benzene rings is 2. The van der Waals surface area contributed by atoms with Gasteiger partial charge in [-0.15, -0.1) is 40.5 Å². The van der Waals surface area contributed by atoms with E-state index in [9.17, 15) is 9.90 Å². The van der Waals surface area contributed by atoms with Gasteiger partial charge in [-0.3, -0.25) is 9.78 Å². The number of aliphatic hydroxyl groups is 1. The molecule has 1 N–H and O–H groups in total. The van der Waals surface area contributed by atoms with Crippen molar-refractivity contribution >= 4 is 50.6 Å². The number of hydrogen-bond donors (Lipinski definition) is 1. The quantitative estimate of drug-likeness (QED) is 0.0792. The molecule has 1 radical (unpaired) electrons. The third-order valence-corrected chi connectivity index (χ3v) is 10.9. The minimum atomic E-state index is -5.51. The fourth-order valence-corrected chi connectivity index (χ4v) is 7.50. The van der Waals surface area contributed by atoms with Crippen LogP contribution in [0.25, 0.3) is 32.1 Å². The van der Waals surface area contributed by atoms with E-state index < -0.39 is 37.8 Å². The molecule has 0 atom stereocenters. The Balaban J connectivity index is 0.000000516. The van der Waals surface area contributed by atoms with E-state index in [1.165, 1.54) is 18.3 Å². The van der Waals surface area contributed by atoms with Gasteiger partial charge in [0.25, 0.3) is 0 Å². The topological polar surface area (TPSA) is 50.2 Å². The predicted octanol–water partition coefficient (Wildman–Crippen LogP) is 10.8. The van der Waals surface area contributed by atoms with Crippen molar-refractivity contribution in [1.29, 1.82) is 0 Å². The van der Waals surface area contributed by atoms with Crippen molar-refractivity contribution in [2.24, 2.45) is 11.8 Å². The average molecular weight is 820 g/mol. The summed E-state index contributed by atoms with van der Waals surface area (Å²) >= 11 is 0.576. The van der Waals surface area contributed by atoms with Crippen LogP contribution in [0.15, 0.2) is 54.4 Å². The van der Waals surface area contributed by atoms with Gasteiger partial charge in [-0.25, -0.2) is 4.39 Å². The Morgan fingerprint density at radius 1 is 1.05 bits per heavy atom. The maximum atomic E-state index is 16.0. The zero-order chi connectivity index (χ0) is 39.6. The Bertz CT molecular complexity index is 1870. The zero-order valence-electron chi connectivity index (χ0n) is 35.5. The van der Waals surface area contributed by atoms with Crippen LogP contribution >= 0.6 is 11.3 Å². The number of carbonyl (C=O) groups excluding carboxylic acids is 1. The van der Waals surface area contributed by atoms with Crippen molar-refractivity contribution in [1.82, 2.24) is 4.98 Å². The maximum absolute atomic E-state index is 16.0. The minimum absolute atomic E-state index is 0. The molecule has 44 heavy (non-hydrogen) atoms. The number of nitrogens with zero attached hydrogens (tertiary/aromatic N) is 1. The minimum Gasteiger partial charge on any atom is -0.512 e. The molecule has 0 aliphatic rings. The molecule has 4 aromatic rings. The van der Waals surface area contributed by atoms with E-state index in [-0.39, 0.29) is 64.7 Å². The van der Waals surface area contributed by atoms with Crippen LogP contribution in [0.4, 0.5) is 4.39 Å².